The van der Waals surface area contributed by atoms with E-state index in [1.807, 2.05) is 0 Å². The first kappa shape index (κ1) is 18.4. The summed E-state index contributed by atoms with van der Waals surface area (Å²) in [4.78, 5) is 33.1. The van der Waals surface area contributed by atoms with Crippen LogP contribution >= 0.6 is 0 Å². The Labute approximate surface area is 119 Å². The first-order valence-corrected chi connectivity index (χ1v) is 6.91. The van der Waals surface area contributed by atoms with Crippen molar-refractivity contribution in [3.63, 3.8) is 0 Å². The maximum Gasteiger partial charge on any atom is 0.306 e. The highest BCUT2D eigenvalue weighted by molar-refractivity contribution is 5.70. The van der Waals surface area contributed by atoms with E-state index in [4.69, 9.17) is 14.2 Å². The van der Waals surface area contributed by atoms with Gasteiger partial charge in [0.1, 0.15) is 13.2 Å². The van der Waals surface area contributed by atoms with Gasteiger partial charge in [0.2, 0.25) is 0 Å². The Hall–Kier alpha value is -1.59. The molecule has 0 atom stereocenters. The Morgan fingerprint density at radius 3 is 1.90 bits per heavy atom. The SMILES string of the molecule is CCCCCCC(=O)OC(COC(C)=O)COC(C)=O. The third kappa shape index (κ3) is 11.5. The number of carbonyl (C=O) groups excluding carboxylic acids is 3. The normalized spacial score (nSPS) is 10.2. The van der Waals surface area contributed by atoms with Gasteiger partial charge in [0.05, 0.1) is 0 Å². The number of rotatable bonds is 10. The summed E-state index contributed by atoms with van der Waals surface area (Å²) < 4.78 is 14.7. The number of unbranched alkanes of at least 4 members (excludes halogenated alkanes) is 3. The molecule has 0 spiro atoms. The van der Waals surface area contributed by atoms with Crippen molar-refractivity contribution < 1.29 is 28.6 Å². The summed E-state index contributed by atoms with van der Waals surface area (Å²) in [5.74, 6) is -1.32. The fraction of sp³-hybridized carbons (Fsp3) is 0.786. The molecule has 0 aliphatic rings. The third-order valence-corrected chi connectivity index (χ3v) is 2.48. The van der Waals surface area contributed by atoms with E-state index in [1.165, 1.54) is 13.8 Å². The van der Waals surface area contributed by atoms with Crippen LogP contribution in [0.25, 0.3) is 0 Å². The summed E-state index contributed by atoms with van der Waals surface area (Å²) in [6, 6.07) is 0. The van der Waals surface area contributed by atoms with E-state index in [9.17, 15) is 14.4 Å². The number of hydrogen-bond donors (Lipinski definition) is 0. The monoisotopic (exact) mass is 288 g/mol. The molecular formula is C14H24O6. The van der Waals surface area contributed by atoms with E-state index >= 15 is 0 Å². The van der Waals surface area contributed by atoms with E-state index in [-0.39, 0.29) is 19.2 Å². The lowest BCUT2D eigenvalue weighted by molar-refractivity contribution is -0.165. The van der Waals surface area contributed by atoms with Gasteiger partial charge in [-0.05, 0) is 6.42 Å². The zero-order valence-corrected chi connectivity index (χ0v) is 12.5. The molecule has 0 radical (unpaired) electrons. The lowest BCUT2D eigenvalue weighted by Crippen LogP contribution is -2.30. The molecule has 0 N–H and O–H groups in total. The van der Waals surface area contributed by atoms with Crippen LogP contribution in [0.2, 0.25) is 0 Å². The molecule has 6 nitrogen and oxygen atoms in total. The van der Waals surface area contributed by atoms with Crippen LogP contribution < -0.4 is 0 Å². The van der Waals surface area contributed by atoms with Crippen molar-refractivity contribution in [2.45, 2.75) is 59.0 Å². The van der Waals surface area contributed by atoms with Gasteiger partial charge in [-0.25, -0.2) is 0 Å². The summed E-state index contributed by atoms with van der Waals surface area (Å²) >= 11 is 0. The van der Waals surface area contributed by atoms with E-state index in [0.717, 1.165) is 25.7 Å². The standard InChI is InChI=1S/C14H24O6/c1-4-5-6-7-8-14(17)20-13(9-18-11(2)15)10-19-12(3)16/h13H,4-10H2,1-3H3. The molecule has 0 aromatic carbocycles. The van der Waals surface area contributed by atoms with Gasteiger partial charge in [-0.2, -0.15) is 0 Å². The Morgan fingerprint density at radius 2 is 1.45 bits per heavy atom. The quantitative estimate of drug-likeness (QED) is 0.347. The van der Waals surface area contributed by atoms with Gasteiger partial charge < -0.3 is 14.2 Å². The van der Waals surface area contributed by atoms with Crippen molar-refractivity contribution in [3.8, 4) is 0 Å². The van der Waals surface area contributed by atoms with Gasteiger partial charge in [-0.1, -0.05) is 26.2 Å². The molecule has 0 fully saturated rings. The minimum absolute atomic E-state index is 0.108. The summed E-state index contributed by atoms with van der Waals surface area (Å²) in [5.41, 5.74) is 0. The van der Waals surface area contributed by atoms with Crippen LogP contribution in [0.1, 0.15) is 52.9 Å². The van der Waals surface area contributed by atoms with Crippen molar-refractivity contribution in [3.05, 3.63) is 0 Å². The maximum atomic E-state index is 11.6. The van der Waals surface area contributed by atoms with E-state index in [1.54, 1.807) is 0 Å². The topological polar surface area (TPSA) is 78.9 Å². The van der Waals surface area contributed by atoms with Gasteiger partial charge in [-0.3, -0.25) is 14.4 Å². The molecule has 0 heterocycles. The summed E-state index contributed by atoms with van der Waals surface area (Å²) in [6.45, 7) is 4.39. The molecule has 0 rings (SSSR count). The van der Waals surface area contributed by atoms with Crippen molar-refractivity contribution in [1.82, 2.24) is 0 Å². The highest BCUT2D eigenvalue weighted by Crippen LogP contribution is 2.06. The molecule has 0 aliphatic heterocycles. The highest BCUT2D eigenvalue weighted by Gasteiger charge is 2.17. The van der Waals surface area contributed by atoms with Crippen molar-refractivity contribution in [2.75, 3.05) is 13.2 Å². The first-order chi connectivity index (χ1) is 9.45. The van der Waals surface area contributed by atoms with Gasteiger partial charge in [0.15, 0.2) is 6.10 Å². The molecule has 0 aromatic heterocycles. The largest absolute Gasteiger partial charge is 0.462 e. The van der Waals surface area contributed by atoms with Gasteiger partial charge in [0, 0.05) is 20.3 Å². The molecule has 6 heteroatoms. The second-order valence-electron chi connectivity index (χ2n) is 4.53. The Morgan fingerprint density at radius 1 is 0.900 bits per heavy atom. The molecule has 0 saturated heterocycles. The van der Waals surface area contributed by atoms with Gasteiger partial charge in [-0.15, -0.1) is 0 Å². The lowest BCUT2D eigenvalue weighted by atomic mass is 10.1. The van der Waals surface area contributed by atoms with Gasteiger partial charge >= 0.3 is 17.9 Å². The van der Waals surface area contributed by atoms with Crippen LogP contribution in [0.15, 0.2) is 0 Å². The maximum absolute atomic E-state index is 11.6. The average Bonchev–Trinajstić information content (AvgIpc) is 2.37. The summed E-state index contributed by atoms with van der Waals surface area (Å²) in [7, 11) is 0. The zero-order valence-electron chi connectivity index (χ0n) is 12.5. The molecule has 116 valence electrons. The van der Waals surface area contributed by atoms with E-state index in [2.05, 4.69) is 6.92 Å². The molecule has 0 aromatic rings. The number of hydrogen-bond acceptors (Lipinski definition) is 6. The fourth-order valence-corrected chi connectivity index (χ4v) is 1.48. The molecule has 0 bridgehead atoms. The van der Waals surface area contributed by atoms with Crippen LogP contribution in [-0.2, 0) is 28.6 Å². The molecule has 0 saturated carbocycles. The first-order valence-electron chi connectivity index (χ1n) is 6.91. The predicted molar refractivity (Wildman–Crippen MR) is 71.9 cm³/mol. The molecule has 0 amide bonds. The molecule has 20 heavy (non-hydrogen) atoms. The van der Waals surface area contributed by atoms with Crippen LogP contribution in [0.4, 0.5) is 0 Å². The Kier molecular flexibility index (Phi) is 10.4. The van der Waals surface area contributed by atoms with Crippen molar-refractivity contribution in [1.29, 1.82) is 0 Å². The Balaban J connectivity index is 4.07. The van der Waals surface area contributed by atoms with E-state index < -0.39 is 18.0 Å². The lowest BCUT2D eigenvalue weighted by Gasteiger charge is -2.17. The predicted octanol–water partition coefficient (Wildman–Crippen LogP) is 1.99. The summed E-state index contributed by atoms with van der Waals surface area (Å²) in [5, 5.41) is 0. The van der Waals surface area contributed by atoms with Crippen LogP contribution in [-0.4, -0.2) is 37.2 Å². The highest BCUT2D eigenvalue weighted by atomic mass is 16.6. The Bertz CT molecular complexity index is 295. The second-order valence-corrected chi connectivity index (χ2v) is 4.53. The minimum Gasteiger partial charge on any atom is -0.462 e. The van der Waals surface area contributed by atoms with Crippen molar-refractivity contribution in [2.24, 2.45) is 0 Å². The average molecular weight is 288 g/mol. The van der Waals surface area contributed by atoms with Gasteiger partial charge in [0.25, 0.3) is 0 Å². The minimum atomic E-state index is -0.749. The third-order valence-electron chi connectivity index (χ3n) is 2.48. The zero-order chi connectivity index (χ0) is 15.4. The van der Waals surface area contributed by atoms with Crippen LogP contribution in [0, 0.1) is 0 Å². The molecule has 0 aliphatic carbocycles. The van der Waals surface area contributed by atoms with Crippen LogP contribution in [0.5, 0.6) is 0 Å². The smallest absolute Gasteiger partial charge is 0.306 e. The van der Waals surface area contributed by atoms with Crippen LogP contribution in [0.3, 0.4) is 0 Å². The number of carbonyl (C=O) groups is 3. The number of esters is 3. The summed E-state index contributed by atoms with van der Waals surface area (Å²) in [6.07, 6.45) is 3.48. The second kappa shape index (κ2) is 11.3. The molecule has 0 unspecified atom stereocenters. The van der Waals surface area contributed by atoms with E-state index in [0.29, 0.717) is 6.42 Å². The molecular weight excluding hydrogens is 264 g/mol. The van der Waals surface area contributed by atoms with Crippen molar-refractivity contribution >= 4 is 17.9 Å². The fourth-order valence-electron chi connectivity index (χ4n) is 1.48. The number of ether oxygens (including phenoxy) is 3.